The van der Waals surface area contributed by atoms with Crippen LogP contribution in [0.4, 0.5) is 0 Å². The van der Waals surface area contributed by atoms with Crippen LogP contribution in [0, 0.1) is 11.8 Å². The molecule has 1 N–H and O–H groups in total. The number of hydrogen-bond acceptors (Lipinski definition) is 5. The Balaban J connectivity index is 1.44. The fourth-order valence-electron chi connectivity index (χ4n) is 3.68. The van der Waals surface area contributed by atoms with Crippen LogP contribution in [-0.4, -0.2) is 49.3 Å². The Morgan fingerprint density at radius 1 is 1.32 bits per heavy atom. The molecule has 0 aliphatic carbocycles. The highest BCUT2D eigenvalue weighted by molar-refractivity contribution is 5.78. The molecule has 1 aliphatic rings. The smallest absolute Gasteiger partial charge is 0.226 e. The molecule has 0 unspecified atom stereocenters. The number of ether oxygens (including phenoxy) is 1. The van der Waals surface area contributed by atoms with Gasteiger partial charge in [0.05, 0.1) is 19.2 Å². The van der Waals surface area contributed by atoms with Gasteiger partial charge in [0.1, 0.15) is 5.75 Å². The summed E-state index contributed by atoms with van der Waals surface area (Å²) in [6.07, 6.45) is 2.54. The third kappa shape index (κ3) is 5.83. The van der Waals surface area contributed by atoms with Crippen molar-refractivity contribution in [2.75, 3.05) is 33.3 Å². The molecule has 2 heterocycles. The lowest BCUT2D eigenvalue weighted by molar-refractivity contribution is -0.120. The minimum Gasteiger partial charge on any atom is -0.497 e. The predicted molar refractivity (Wildman–Crippen MR) is 109 cm³/mol. The van der Waals surface area contributed by atoms with Gasteiger partial charge in [-0.1, -0.05) is 31.1 Å². The number of rotatable bonds is 8. The number of carbonyl (C=O) groups excluding carboxylic acids is 1. The van der Waals surface area contributed by atoms with E-state index in [9.17, 15) is 4.79 Å². The summed E-state index contributed by atoms with van der Waals surface area (Å²) in [6.45, 7) is 8.69. The number of nitrogens with zero attached hydrogens (tertiary/aromatic N) is 2. The van der Waals surface area contributed by atoms with Crippen molar-refractivity contribution in [3.05, 3.63) is 36.0 Å². The number of piperidine rings is 1. The molecule has 0 saturated carbocycles. The number of hydrogen-bond donors (Lipinski definition) is 1. The van der Waals surface area contributed by atoms with Crippen LogP contribution in [0.2, 0.25) is 0 Å². The number of amides is 1. The van der Waals surface area contributed by atoms with Crippen LogP contribution >= 0.6 is 0 Å². The molecular weight excluding hydrogens is 354 g/mol. The van der Waals surface area contributed by atoms with Gasteiger partial charge in [-0.3, -0.25) is 4.79 Å². The summed E-state index contributed by atoms with van der Waals surface area (Å²) in [5, 5.41) is 7.10. The highest BCUT2D eigenvalue weighted by atomic mass is 16.5. The maximum absolute atomic E-state index is 12.3. The van der Waals surface area contributed by atoms with E-state index in [0.717, 1.165) is 43.8 Å². The van der Waals surface area contributed by atoms with Crippen LogP contribution < -0.4 is 10.1 Å². The molecule has 28 heavy (non-hydrogen) atoms. The predicted octanol–water partition coefficient (Wildman–Crippen LogP) is 3.38. The van der Waals surface area contributed by atoms with Gasteiger partial charge in [-0.25, -0.2) is 0 Å². The Morgan fingerprint density at radius 3 is 2.82 bits per heavy atom. The fraction of sp³-hybridized carbons (Fsp3) is 0.545. The van der Waals surface area contributed by atoms with Crippen molar-refractivity contribution in [1.82, 2.24) is 15.4 Å². The summed E-state index contributed by atoms with van der Waals surface area (Å²) >= 11 is 0. The maximum atomic E-state index is 12.3. The Kier molecular flexibility index (Phi) is 7.09. The largest absolute Gasteiger partial charge is 0.497 e. The molecule has 1 saturated heterocycles. The second-order valence-corrected chi connectivity index (χ2v) is 8.03. The zero-order valence-electron chi connectivity index (χ0n) is 17.1. The van der Waals surface area contributed by atoms with E-state index in [1.54, 1.807) is 7.11 Å². The van der Waals surface area contributed by atoms with Crippen molar-refractivity contribution < 1.29 is 14.1 Å². The lowest BCUT2D eigenvalue weighted by atomic mass is 9.96. The quantitative estimate of drug-likeness (QED) is 0.755. The van der Waals surface area contributed by atoms with Gasteiger partial charge in [0.25, 0.3) is 0 Å². The van der Waals surface area contributed by atoms with Crippen LogP contribution in [0.25, 0.3) is 11.3 Å². The van der Waals surface area contributed by atoms with Crippen molar-refractivity contribution in [2.45, 2.75) is 33.1 Å². The molecule has 1 aliphatic heterocycles. The number of likely N-dealkylation sites (tertiary alicyclic amines) is 1. The normalized spacial score (nSPS) is 15.7. The zero-order valence-corrected chi connectivity index (χ0v) is 17.1. The Morgan fingerprint density at radius 2 is 2.11 bits per heavy atom. The molecule has 1 aromatic heterocycles. The standard InChI is InChI=1S/C22H31N3O3/c1-16(2)15-25-9-7-17(8-10-25)14-23-22(26)13-19-12-21(28-24-19)18-5-4-6-20(11-18)27-3/h4-6,11-12,16-17H,7-10,13-15H2,1-3H3,(H,23,26). The summed E-state index contributed by atoms with van der Waals surface area (Å²) in [7, 11) is 1.63. The van der Waals surface area contributed by atoms with Crippen LogP contribution in [0.1, 0.15) is 32.4 Å². The van der Waals surface area contributed by atoms with Crippen molar-refractivity contribution in [3.8, 4) is 17.1 Å². The number of nitrogens with one attached hydrogen (secondary N) is 1. The average molecular weight is 386 g/mol. The third-order valence-corrected chi connectivity index (χ3v) is 5.17. The van der Waals surface area contributed by atoms with Crippen LogP contribution in [0.15, 0.2) is 34.9 Å². The minimum absolute atomic E-state index is 0.00453. The van der Waals surface area contributed by atoms with E-state index in [1.165, 1.54) is 6.54 Å². The second kappa shape index (κ2) is 9.73. The van der Waals surface area contributed by atoms with Crippen molar-refractivity contribution in [2.24, 2.45) is 11.8 Å². The summed E-state index contributed by atoms with van der Waals surface area (Å²) in [5.41, 5.74) is 1.52. The van der Waals surface area contributed by atoms with Gasteiger partial charge >= 0.3 is 0 Å². The molecule has 152 valence electrons. The summed E-state index contributed by atoms with van der Waals surface area (Å²) in [5.74, 6) is 2.67. The maximum Gasteiger partial charge on any atom is 0.226 e. The lowest BCUT2D eigenvalue weighted by Crippen LogP contribution is -2.40. The van der Waals surface area contributed by atoms with Gasteiger partial charge in [-0.15, -0.1) is 0 Å². The first-order valence-corrected chi connectivity index (χ1v) is 10.1. The van der Waals surface area contributed by atoms with Crippen LogP contribution in [0.3, 0.4) is 0 Å². The van der Waals surface area contributed by atoms with Crippen molar-refractivity contribution in [1.29, 1.82) is 0 Å². The van der Waals surface area contributed by atoms with Gasteiger partial charge < -0.3 is 19.5 Å². The Hall–Kier alpha value is -2.34. The number of benzene rings is 1. The first kappa shape index (κ1) is 20.4. The van der Waals surface area contributed by atoms with Gasteiger partial charge in [0.15, 0.2) is 5.76 Å². The molecule has 0 radical (unpaired) electrons. The Bertz CT molecular complexity index is 764. The molecule has 3 rings (SSSR count). The monoisotopic (exact) mass is 385 g/mol. The van der Waals surface area contributed by atoms with Crippen LogP contribution in [0.5, 0.6) is 5.75 Å². The first-order valence-electron chi connectivity index (χ1n) is 10.1. The van der Waals surface area contributed by atoms with Crippen LogP contribution in [-0.2, 0) is 11.2 Å². The third-order valence-electron chi connectivity index (χ3n) is 5.17. The molecule has 0 spiro atoms. The van der Waals surface area contributed by atoms with Crippen molar-refractivity contribution in [3.63, 3.8) is 0 Å². The molecule has 2 aromatic rings. The highest BCUT2D eigenvalue weighted by Gasteiger charge is 2.20. The van der Waals surface area contributed by atoms with Gasteiger partial charge in [0, 0.05) is 24.7 Å². The molecule has 0 atom stereocenters. The molecule has 1 fully saturated rings. The molecule has 0 bridgehead atoms. The number of aromatic nitrogens is 1. The van der Waals surface area contributed by atoms with E-state index < -0.39 is 0 Å². The van der Waals surface area contributed by atoms with E-state index in [4.69, 9.17) is 9.26 Å². The summed E-state index contributed by atoms with van der Waals surface area (Å²) < 4.78 is 10.6. The highest BCUT2D eigenvalue weighted by Crippen LogP contribution is 2.24. The zero-order chi connectivity index (χ0) is 19.9. The lowest BCUT2D eigenvalue weighted by Gasteiger charge is -2.33. The van der Waals surface area contributed by atoms with E-state index in [2.05, 4.69) is 29.2 Å². The second-order valence-electron chi connectivity index (χ2n) is 8.03. The molecule has 1 amide bonds. The van der Waals surface area contributed by atoms with Crippen molar-refractivity contribution >= 4 is 5.91 Å². The van der Waals surface area contributed by atoms with Gasteiger partial charge in [-0.2, -0.15) is 0 Å². The van der Waals surface area contributed by atoms with E-state index >= 15 is 0 Å². The summed E-state index contributed by atoms with van der Waals surface area (Å²) in [4.78, 5) is 14.8. The topological polar surface area (TPSA) is 67.6 Å². The van der Waals surface area contributed by atoms with E-state index in [0.29, 0.717) is 23.3 Å². The SMILES string of the molecule is COc1cccc(-c2cc(CC(=O)NCC3CCN(CC(C)C)CC3)no2)c1. The molecule has 6 heteroatoms. The molecule has 1 aromatic carbocycles. The minimum atomic E-state index is -0.00453. The molecular formula is C22H31N3O3. The van der Waals surface area contributed by atoms with Gasteiger partial charge in [0.2, 0.25) is 5.91 Å². The number of methoxy groups -OCH3 is 1. The average Bonchev–Trinajstić information content (AvgIpc) is 3.15. The first-order chi connectivity index (χ1) is 13.5. The Labute approximate surface area is 167 Å². The molecule has 6 nitrogen and oxygen atoms in total. The number of carbonyl (C=O) groups is 1. The fourth-order valence-corrected chi connectivity index (χ4v) is 3.68. The summed E-state index contributed by atoms with van der Waals surface area (Å²) in [6, 6.07) is 9.41. The van der Waals surface area contributed by atoms with E-state index in [-0.39, 0.29) is 12.3 Å². The van der Waals surface area contributed by atoms with E-state index in [1.807, 2.05) is 30.3 Å². The van der Waals surface area contributed by atoms with Gasteiger partial charge in [-0.05, 0) is 49.9 Å².